The van der Waals surface area contributed by atoms with Crippen LogP contribution < -0.4 is 5.32 Å². The van der Waals surface area contributed by atoms with Crippen molar-refractivity contribution in [2.24, 2.45) is 0 Å². The first-order valence-electron chi connectivity index (χ1n) is 7.27. The summed E-state index contributed by atoms with van der Waals surface area (Å²) < 4.78 is 5.17. The summed E-state index contributed by atoms with van der Waals surface area (Å²) in [5, 5.41) is 4.72. The van der Waals surface area contributed by atoms with Crippen LogP contribution in [0.1, 0.15) is 38.3 Å². The average molecular weight is 304 g/mol. The quantitative estimate of drug-likeness (QED) is 0.826. The van der Waals surface area contributed by atoms with Crippen molar-refractivity contribution in [3.8, 4) is 0 Å². The minimum absolute atomic E-state index is 0.137. The summed E-state index contributed by atoms with van der Waals surface area (Å²) in [6, 6.07) is 6.61. The number of hydrogen-bond acceptors (Lipinski definition) is 4. The average Bonchev–Trinajstić information content (AvgIpc) is 2.78. The van der Waals surface area contributed by atoms with Crippen molar-refractivity contribution in [1.29, 1.82) is 0 Å². The Morgan fingerprint density at radius 2 is 2.00 bits per heavy atom. The van der Waals surface area contributed by atoms with Crippen LogP contribution >= 0.6 is 11.3 Å². The fourth-order valence-corrected chi connectivity index (χ4v) is 3.36. The van der Waals surface area contributed by atoms with E-state index in [0.717, 1.165) is 17.2 Å². The highest BCUT2D eigenvalue weighted by Crippen LogP contribution is 2.30. The van der Waals surface area contributed by atoms with Crippen LogP contribution in [0.4, 0.5) is 0 Å². The minimum Gasteiger partial charge on any atom is -0.383 e. The number of rotatable bonds is 6. The fourth-order valence-electron chi connectivity index (χ4n) is 2.34. The number of hydrogen-bond donors (Lipinski definition) is 1. The van der Waals surface area contributed by atoms with E-state index in [1.165, 1.54) is 21.6 Å². The Balaban J connectivity index is 2.37. The Bertz CT molecular complexity index is 587. The van der Waals surface area contributed by atoms with E-state index >= 15 is 0 Å². The van der Waals surface area contributed by atoms with Gasteiger partial charge in [0.2, 0.25) is 0 Å². The third-order valence-corrected chi connectivity index (χ3v) is 5.04. The summed E-state index contributed by atoms with van der Waals surface area (Å²) in [6.07, 6.45) is 0. The van der Waals surface area contributed by atoms with Crippen LogP contribution in [-0.2, 0) is 4.74 Å². The first-order valence-corrected chi connectivity index (χ1v) is 8.08. The zero-order valence-electron chi connectivity index (χ0n) is 13.5. The molecule has 1 aromatic heterocycles. The molecule has 4 heteroatoms. The van der Waals surface area contributed by atoms with E-state index in [4.69, 9.17) is 9.72 Å². The molecule has 1 N–H and O–H groups in total. The highest BCUT2D eigenvalue weighted by atomic mass is 32.1. The van der Waals surface area contributed by atoms with Gasteiger partial charge in [0, 0.05) is 18.5 Å². The van der Waals surface area contributed by atoms with E-state index in [-0.39, 0.29) is 6.04 Å². The number of nitrogens with zero attached hydrogens (tertiary/aromatic N) is 1. The number of benzene rings is 1. The largest absolute Gasteiger partial charge is 0.383 e. The molecule has 0 radical (unpaired) electrons. The molecule has 0 bridgehead atoms. The van der Waals surface area contributed by atoms with Crippen molar-refractivity contribution in [3.05, 3.63) is 50.5 Å². The fraction of sp³-hybridized carbons (Fsp3) is 0.471. The lowest BCUT2D eigenvalue weighted by atomic mass is 9.97. The first kappa shape index (κ1) is 16.1. The van der Waals surface area contributed by atoms with E-state index < -0.39 is 0 Å². The maximum Gasteiger partial charge on any atom is 0.115 e. The van der Waals surface area contributed by atoms with Gasteiger partial charge in [-0.25, -0.2) is 4.98 Å². The smallest absolute Gasteiger partial charge is 0.115 e. The molecule has 0 aliphatic rings. The molecule has 1 unspecified atom stereocenters. The minimum atomic E-state index is 0.137. The van der Waals surface area contributed by atoms with Gasteiger partial charge >= 0.3 is 0 Å². The van der Waals surface area contributed by atoms with Gasteiger partial charge in [-0.05, 0) is 44.4 Å². The van der Waals surface area contributed by atoms with Gasteiger partial charge in [-0.2, -0.15) is 0 Å². The van der Waals surface area contributed by atoms with Crippen molar-refractivity contribution >= 4 is 11.3 Å². The molecule has 1 atom stereocenters. The van der Waals surface area contributed by atoms with Crippen molar-refractivity contribution < 1.29 is 4.74 Å². The second-order valence-corrected chi connectivity index (χ2v) is 6.60. The van der Waals surface area contributed by atoms with Gasteiger partial charge in [0.25, 0.3) is 0 Å². The summed E-state index contributed by atoms with van der Waals surface area (Å²) in [6.45, 7) is 10.1. The predicted molar refractivity (Wildman–Crippen MR) is 89.2 cm³/mol. The van der Waals surface area contributed by atoms with E-state index in [2.05, 4.69) is 51.2 Å². The summed E-state index contributed by atoms with van der Waals surface area (Å²) in [4.78, 5) is 6.04. The number of nitrogens with one attached hydrogen (secondary N) is 1. The van der Waals surface area contributed by atoms with E-state index in [1.807, 2.05) is 0 Å². The Morgan fingerprint density at radius 1 is 1.24 bits per heavy atom. The van der Waals surface area contributed by atoms with Gasteiger partial charge in [-0.15, -0.1) is 11.3 Å². The lowest BCUT2D eigenvalue weighted by Gasteiger charge is -2.20. The highest BCUT2D eigenvalue weighted by Gasteiger charge is 2.20. The molecule has 0 amide bonds. The molecule has 1 heterocycles. The lowest BCUT2D eigenvalue weighted by molar-refractivity contribution is 0.197. The van der Waals surface area contributed by atoms with Gasteiger partial charge in [0.05, 0.1) is 18.3 Å². The van der Waals surface area contributed by atoms with E-state index in [1.54, 1.807) is 18.4 Å². The number of aromatic nitrogens is 1. The Morgan fingerprint density at radius 3 is 2.62 bits per heavy atom. The van der Waals surface area contributed by atoms with Crippen LogP contribution in [0.5, 0.6) is 0 Å². The molecule has 21 heavy (non-hydrogen) atoms. The van der Waals surface area contributed by atoms with E-state index in [9.17, 15) is 0 Å². The molecule has 1 aromatic carbocycles. The maximum absolute atomic E-state index is 5.17. The van der Waals surface area contributed by atoms with Crippen molar-refractivity contribution in [2.45, 2.75) is 33.7 Å². The van der Waals surface area contributed by atoms with Crippen LogP contribution in [0.25, 0.3) is 0 Å². The van der Waals surface area contributed by atoms with Gasteiger partial charge in [-0.3, -0.25) is 0 Å². The second kappa shape index (κ2) is 7.16. The summed E-state index contributed by atoms with van der Waals surface area (Å²) in [5.74, 6) is 0. The molecular weight excluding hydrogens is 280 g/mol. The van der Waals surface area contributed by atoms with Gasteiger partial charge in [-0.1, -0.05) is 18.2 Å². The molecule has 0 fully saturated rings. The molecule has 2 aromatic rings. The summed E-state index contributed by atoms with van der Waals surface area (Å²) in [7, 11) is 1.73. The topological polar surface area (TPSA) is 34.1 Å². The SMILES string of the molecule is COCCNC(c1nc(C)c(C)s1)c1cccc(C)c1C. The van der Waals surface area contributed by atoms with Crippen molar-refractivity contribution in [2.75, 3.05) is 20.3 Å². The van der Waals surface area contributed by atoms with Gasteiger partial charge < -0.3 is 10.1 Å². The molecule has 0 aliphatic heterocycles. The molecule has 0 saturated heterocycles. The third-order valence-electron chi connectivity index (χ3n) is 3.90. The summed E-state index contributed by atoms with van der Waals surface area (Å²) >= 11 is 1.78. The number of methoxy groups -OCH3 is 1. The van der Waals surface area contributed by atoms with Crippen LogP contribution in [-0.4, -0.2) is 25.2 Å². The number of ether oxygens (including phenoxy) is 1. The summed E-state index contributed by atoms with van der Waals surface area (Å²) in [5.41, 5.74) is 5.08. The Hall–Kier alpha value is -1.23. The van der Waals surface area contributed by atoms with Gasteiger partial charge in [0.1, 0.15) is 5.01 Å². The second-order valence-electron chi connectivity index (χ2n) is 5.36. The molecule has 0 aliphatic carbocycles. The normalized spacial score (nSPS) is 12.6. The van der Waals surface area contributed by atoms with Crippen molar-refractivity contribution in [1.82, 2.24) is 10.3 Å². The lowest BCUT2D eigenvalue weighted by Crippen LogP contribution is -2.26. The molecule has 0 spiro atoms. The maximum atomic E-state index is 5.17. The van der Waals surface area contributed by atoms with Crippen LogP contribution in [0.3, 0.4) is 0 Å². The number of aryl methyl sites for hydroxylation is 3. The molecule has 2 rings (SSSR count). The highest BCUT2D eigenvalue weighted by molar-refractivity contribution is 7.11. The molecular formula is C17H24N2OS. The standard InChI is InChI=1S/C17H24N2OS/c1-11-7-6-8-15(12(11)2)16(18-9-10-20-5)17-19-13(3)14(4)21-17/h6-8,16,18H,9-10H2,1-5H3. The first-order chi connectivity index (χ1) is 10.0. The van der Waals surface area contributed by atoms with Crippen molar-refractivity contribution in [3.63, 3.8) is 0 Å². The monoisotopic (exact) mass is 304 g/mol. The molecule has 114 valence electrons. The Labute approximate surface area is 131 Å². The van der Waals surface area contributed by atoms with Gasteiger partial charge in [0.15, 0.2) is 0 Å². The molecule has 0 saturated carbocycles. The van der Waals surface area contributed by atoms with Crippen LogP contribution in [0.15, 0.2) is 18.2 Å². The third kappa shape index (κ3) is 3.70. The number of thiazole rings is 1. The van der Waals surface area contributed by atoms with E-state index in [0.29, 0.717) is 6.61 Å². The zero-order chi connectivity index (χ0) is 15.4. The van der Waals surface area contributed by atoms with Crippen LogP contribution in [0.2, 0.25) is 0 Å². The predicted octanol–water partition coefficient (Wildman–Crippen LogP) is 3.70. The zero-order valence-corrected chi connectivity index (χ0v) is 14.3. The van der Waals surface area contributed by atoms with Crippen LogP contribution in [0, 0.1) is 27.7 Å². The molecule has 3 nitrogen and oxygen atoms in total. The Kier molecular flexibility index (Phi) is 5.51.